The number of carbonyl (C=O) groups excluding carboxylic acids is 2. The molecule has 4 rings (SSSR count). The molecule has 1 aliphatic rings. The molecular formula is C26H25BrN2O3. The number of halogens is 1. The predicted molar refractivity (Wildman–Crippen MR) is 128 cm³/mol. The zero-order valence-electron chi connectivity index (χ0n) is 18.1. The molecule has 0 unspecified atom stereocenters. The Morgan fingerprint density at radius 3 is 2.41 bits per heavy atom. The molecule has 0 spiro atoms. The van der Waals surface area contributed by atoms with E-state index >= 15 is 0 Å². The van der Waals surface area contributed by atoms with E-state index in [9.17, 15) is 9.59 Å². The molecule has 5 nitrogen and oxygen atoms in total. The van der Waals surface area contributed by atoms with Crippen molar-refractivity contribution < 1.29 is 14.3 Å². The van der Waals surface area contributed by atoms with Crippen LogP contribution in [-0.4, -0.2) is 22.9 Å². The number of rotatable bonds is 4. The van der Waals surface area contributed by atoms with Crippen LogP contribution in [0.3, 0.4) is 0 Å². The zero-order chi connectivity index (χ0) is 22.7. The minimum Gasteiger partial charge on any atom is -0.445 e. The zero-order valence-corrected chi connectivity index (χ0v) is 19.7. The normalized spacial score (nSPS) is 15.1. The number of hydrogen-bond donors (Lipinski definition) is 1. The van der Waals surface area contributed by atoms with Crippen LogP contribution in [0.5, 0.6) is 0 Å². The number of ether oxygens (including phenoxy) is 1. The molecule has 0 aliphatic carbocycles. The second kappa shape index (κ2) is 9.57. The van der Waals surface area contributed by atoms with Gasteiger partial charge in [0.1, 0.15) is 12.6 Å². The quantitative estimate of drug-likeness (QED) is 0.502. The number of nitrogens with zero attached hydrogens (tertiary/aromatic N) is 1. The highest BCUT2D eigenvalue weighted by molar-refractivity contribution is 9.10. The van der Waals surface area contributed by atoms with Gasteiger partial charge in [-0.15, -0.1) is 0 Å². The van der Waals surface area contributed by atoms with Crippen molar-refractivity contribution in [2.24, 2.45) is 0 Å². The number of benzene rings is 3. The second-order valence-corrected chi connectivity index (χ2v) is 8.92. The molecule has 1 heterocycles. The summed E-state index contributed by atoms with van der Waals surface area (Å²) in [5, 5.41) is 3.00. The molecule has 0 radical (unpaired) electrons. The van der Waals surface area contributed by atoms with Crippen LogP contribution in [0.1, 0.15) is 27.8 Å². The molecule has 0 saturated heterocycles. The first-order chi connectivity index (χ1) is 15.4. The molecule has 32 heavy (non-hydrogen) atoms. The van der Waals surface area contributed by atoms with Crippen molar-refractivity contribution >= 4 is 33.6 Å². The minimum absolute atomic E-state index is 0.162. The highest BCUT2D eigenvalue weighted by Gasteiger charge is 2.35. The van der Waals surface area contributed by atoms with Crippen molar-refractivity contribution in [1.82, 2.24) is 4.90 Å². The van der Waals surface area contributed by atoms with Crippen LogP contribution in [0.4, 0.5) is 10.5 Å². The monoisotopic (exact) mass is 492 g/mol. The Bertz CT molecular complexity index is 1150. The highest BCUT2D eigenvalue weighted by atomic mass is 79.9. The number of anilines is 1. The third kappa shape index (κ3) is 4.86. The lowest BCUT2D eigenvalue weighted by atomic mass is 9.93. The van der Waals surface area contributed by atoms with Gasteiger partial charge in [-0.2, -0.15) is 0 Å². The number of fused-ring (bicyclic) bond motifs is 1. The molecule has 1 N–H and O–H groups in total. The molecule has 2 amide bonds. The maximum absolute atomic E-state index is 13.3. The van der Waals surface area contributed by atoms with Gasteiger partial charge in [-0.3, -0.25) is 9.69 Å². The topological polar surface area (TPSA) is 58.6 Å². The number of hydrogen-bond acceptors (Lipinski definition) is 3. The first-order valence-corrected chi connectivity index (χ1v) is 11.3. The van der Waals surface area contributed by atoms with E-state index < -0.39 is 12.1 Å². The average Bonchev–Trinajstić information content (AvgIpc) is 2.80. The van der Waals surface area contributed by atoms with Crippen LogP contribution >= 0.6 is 15.9 Å². The fourth-order valence-electron chi connectivity index (χ4n) is 3.84. The molecule has 1 atom stereocenters. The largest absolute Gasteiger partial charge is 0.445 e. The third-order valence-corrected chi connectivity index (χ3v) is 6.49. The SMILES string of the molecule is Cc1cc(Br)c(NC(=O)[C@H]2Cc3ccccc3CN2C(=O)OCc2ccccc2)cc1C. The van der Waals surface area contributed by atoms with Crippen molar-refractivity contribution in [3.8, 4) is 0 Å². The smallest absolute Gasteiger partial charge is 0.411 e. The summed E-state index contributed by atoms with van der Waals surface area (Å²) in [5.41, 5.74) is 5.90. The molecule has 6 heteroatoms. The molecule has 0 fully saturated rings. The van der Waals surface area contributed by atoms with Crippen molar-refractivity contribution in [2.75, 3.05) is 5.32 Å². The fourth-order valence-corrected chi connectivity index (χ4v) is 4.40. The van der Waals surface area contributed by atoms with E-state index in [1.165, 1.54) is 4.90 Å². The standard InChI is InChI=1S/C26H25BrN2O3/c1-17-12-22(27)23(13-18(17)2)28-25(30)24-14-20-10-6-7-11-21(20)15-29(24)26(31)32-16-19-8-4-3-5-9-19/h3-13,24H,14-16H2,1-2H3,(H,28,30)/t24-/m1/s1. The first kappa shape index (κ1) is 22.1. The lowest BCUT2D eigenvalue weighted by Gasteiger charge is -2.35. The summed E-state index contributed by atoms with van der Waals surface area (Å²) < 4.78 is 6.38. The molecule has 164 valence electrons. The van der Waals surface area contributed by atoms with Crippen molar-refractivity contribution in [3.05, 3.63) is 99.0 Å². The predicted octanol–water partition coefficient (Wildman–Crippen LogP) is 5.77. The van der Waals surface area contributed by atoms with Crippen LogP contribution in [0, 0.1) is 13.8 Å². The summed E-state index contributed by atoms with van der Waals surface area (Å²) in [6.07, 6.45) is -0.0621. The highest BCUT2D eigenvalue weighted by Crippen LogP contribution is 2.29. The Hall–Kier alpha value is -3.12. The van der Waals surface area contributed by atoms with Crippen LogP contribution in [-0.2, 0) is 29.1 Å². The maximum atomic E-state index is 13.3. The van der Waals surface area contributed by atoms with Gasteiger partial charge in [0.15, 0.2) is 0 Å². The van der Waals surface area contributed by atoms with E-state index in [-0.39, 0.29) is 12.5 Å². The van der Waals surface area contributed by atoms with Crippen LogP contribution in [0.25, 0.3) is 0 Å². The van der Waals surface area contributed by atoms with E-state index in [1.54, 1.807) is 0 Å². The summed E-state index contributed by atoms with van der Waals surface area (Å²) in [7, 11) is 0. The van der Waals surface area contributed by atoms with Crippen molar-refractivity contribution in [3.63, 3.8) is 0 Å². The molecule has 1 aliphatic heterocycles. The van der Waals surface area contributed by atoms with E-state index in [1.807, 2.05) is 80.6 Å². The van der Waals surface area contributed by atoms with E-state index in [0.717, 1.165) is 32.3 Å². The number of aryl methyl sites for hydroxylation is 2. The van der Waals surface area contributed by atoms with E-state index in [0.29, 0.717) is 18.7 Å². The van der Waals surface area contributed by atoms with Gasteiger partial charge in [0.05, 0.1) is 12.2 Å². The van der Waals surface area contributed by atoms with Gasteiger partial charge in [-0.1, -0.05) is 54.6 Å². The summed E-state index contributed by atoms with van der Waals surface area (Å²) in [5.74, 6) is -0.236. The van der Waals surface area contributed by atoms with Crippen molar-refractivity contribution in [2.45, 2.75) is 39.5 Å². The van der Waals surface area contributed by atoms with Gasteiger partial charge in [0.2, 0.25) is 5.91 Å². The maximum Gasteiger partial charge on any atom is 0.411 e. The van der Waals surface area contributed by atoms with Gasteiger partial charge in [-0.05, 0) is 69.7 Å². The summed E-state index contributed by atoms with van der Waals surface area (Å²) in [6.45, 7) is 4.51. The number of amides is 2. The van der Waals surface area contributed by atoms with Gasteiger partial charge in [-0.25, -0.2) is 4.79 Å². The first-order valence-electron chi connectivity index (χ1n) is 10.5. The lowest BCUT2D eigenvalue weighted by molar-refractivity contribution is -0.121. The van der Waals surface area contributed by atoms with Gasteiger partial charge in [0.25, 0.3) is 0 Å². The van der Waals surface area contributed by atoms with Gasteiger partial charge in [0, 0.05) is 10.9 Å². The Kier molecular flexibility index (Phi) is 6.61. The second-order valence-electron chi connectivity index (χ2n) is 8.06. The fraction of sp³-hybridized carbons (Fsp3) is 0.231. The average molecular weight is 493 g/mol. The summed E-state index contributed by atoms with van der Waals surface area (Å²) in [6, 6.07) is 20.7. The van der Waals surface area contributed by atoms with Crippen molar-refractivity contribution in [1.29, 1.82) is 0 Å². The molecule has 0 aromatic heterocycles. The molecular weight excluding hydrogens is 468 g/mol. The molecule has 0 bridgehead atoms. The van der Waals surface area contributed by atoms with E-state index in [4.69, 9.17) is 4.74 Å². The number of carbonyl (C=O) groups is 2. The Balaban J connectivity index is 1.56. The Labute approximate surface area is 196 Å². The summed E-state index contributed by atoms with van der Waals surface area (Å²) >= 11 is 3.53. The molecule has 3 aromatic rings. The third-order valence-electron chi connectivity index (χ3n) is 5.83. The Morgan fingerprint density at radius 1 is 1.00 bits per heavy atom. The molecule has 0 saturated carbocycles. The van der Waals surface area contributed by atoms with Crippen LogP contribution < -0.4 is 5.32 Å². The minimum atomic E-state index is -0.665. The van der Waals surface area contributed by atoms with Gasteiger partial charge >= 0.3 is 6.09 Å². The molecule has 3 aromatic carbocycles. The van der Waals surface area contributed by atoms with Gasteiger partial charge < -0.3 is 10.1 Å². The Morgan fingerprint density at radius 2 is 1.66 bits per heavy atom. The van der Waals surface area contributed by atoms with Crippen LogP contribution in [0.15, 0.2) is 71.2 Å². The van der Waals surface area contributed by atoms with E-state index in [2.05, 4.69) is 21.2 Å². The summed E-state index contributed by atoms with van der Waals surface area (Å²) in [4.78, 5) is 27.9. The lowest BCUT2D eigenvalue weighted by Crippen LogP contribution is -2.50. The van der Waals surface area contributed by atoms with Crippen LogP contribution in [0.2, 0.25) is 0 Å². The number of nitrogens with one attached hydrogen (secondary N) is 1.